The van der Waals surface area contributed by atoms with Crippen LogP contribution in [0.2, 0.25) is 10.0 Å². The van der Waals surface area contributed by atoms with Gasteiger partial charge >= 0.3 is 5.97 Å². The second-order valence-corrected chi connectivity index (χ2v) is 11.5. The molecule has 1 aliphatic heterocycles. The Morgan fingerprint density at radius 2 is 1.93 bits per heavy atom. The number of aliphatic carboxylic acids is 1. The second-order valence-electron chi connectivity index (χ2n) is 9.08. The lowest BCUT2D eigenvalue weighted by Crippen LogP contribution is -2.48. The van der Waals surface area contributed by atoms with Crippen LogP contribution in [0.1, 0.15) is 28.9 Å². The Bertz CT molecular complexity index is 1520. The number of nitrogens with one attached hydrogen (secondary N) is 4. The average Bonchev–Trinajstić information content (AvgIpc) is 3.24. The predicted molar refractivity (Wildman–Crippen MR) is 152 cm³/mol. The summed E-state index contributed by atoms with van der Waals surface area (Å²) in [5.74, 6) is -2.07. The van der Waals surface area contributed by atoms with E-state index in [2.05, 4.69) is 30.8 Å². The molecule has 15 heteroatoms. The minimum absolute atomic E-state index is 0.0923. The molecular formula is C25H29Cl2N7O5S. The maximum absolute atomic E-state index is 13.1. The van der Waals surface area contributed by atoms with Crippen molar-refractivity contribution in [2.75, 3.05) is 19.6 Å². The zero-order chi connectivity index (χ0) is 28.9. The molecule has 2 unspecified atom stereocenters. The van der Waals surface area contributed by atoms with E-state index in [1.54, 1.807) is 23.9 Å². The Hall–Kier alpha value is -3.07. The number of para-hydroxylation sites is 1. The number of aryl methyl sites for hydroxylation is 2. The first-order valence-corrected chi connectivity index (χ1v) is 14.7. The molecule has 0 saturated heterocycles. The van der Waals surface area contributed by atoms with Crippen molar-refractivity contribution < 1.29 is 23.1 Å². The minimum atomic E-state index is -4.41. The largest absolute Gasteiger partial charge is 0.480 e. The summed E-state index contributed by atoms with van der Waals surface area (Å²) in [6.07, 6.45) is 4.18. The van der Waals surface area contributed by atoms with E-state index < -0.39 is 39.4 Å². The third-order valence-electron chi connectivity index (χ3n) is 6.23. The Balaban J connectivity index is 1.43. The SMILES string of the molecule is Cn1nc(CCCNC2N=CCCN2)c2cccc(C(=O)NCC(NS(=O)(=O)c3c(Cl)cccc3Cl)C(=O)O)c21. The van der Waals surface area contributed by atoms with Crippen molar-refractivity contribution in [2.24, 2.45) is 12.0 Å². The van der Waals surface area contributed by atoms with Crippen molar-refractivity contribution in [3.63, 3.8) is 0 Å². The van der Waals surface area contributed by atoms with Gasteiger partial charge in [0.2, 0.25) is 10.0 Å². The molecule has 2 heterocycles. The van der Waals surface area contributed by atoms with Gasteiger partial charge in [0.1, 0.15) is 10.9 Å². The van der Waals surface area contributed by atoms with E-state index in [1.165, 1.54) is 18.2 Å². The van der Waals surface area contributed by atoms with E-state index in [0.717, 1.165) is 37.0 Å². The Labute approximate surface area is 241 Å². The number of carboxylic acids is 1. The molecule has 12 nitrogen and oxygen atoms in total. The monoisotopic (exact) mass is 609 g/mol. The van der Waals surface area contributed by atoms with Crippen molar-refractivity contribution in [1.29, 1.82) is 0 Å². The molecule has 4 rings (SSSR count). The smallest absolute Gasteiger partial charge is 0.323 e. The first kappa shape index (κ1) is 29.9. The van der Waals surface area contributed by atoms with E-state index in [9.17, 15) is 23.1 Å². The normalized spacial score (nSPS) is 16.2. The van der Waals surface area contributed by atoms with Crippen LogP contribution < -0.4 is 20.7 Å². The predicted octanol–water partition coefficient (Wildman–Crippen LogP) is 1.91. The summed E-state index contributed by atoms with van der Waals surface area (Å²) < 4.78 is 29.3. The highest BCUT2D eigenvalue weighted by molar-refractivity contribution is 7.89. The molecule has 0 radical (unpaired) electrons. The van der Waals surface area contributed by atoms with Crippen LogP contribution in [0.5, 0.6) is 0 Å². The van der Waals surface area contributed by atoms with E-state index in [-0.39, 0.29) is 21.9 Å². The van der Waals surface area contributed by atoms with Crippen LogP contribution in [0.4, 0.5) is 0 Å². The molecule has 1 aliphatic rings. The van der Waals surface area contributed by atoms with E-state index in [4.69, 9.17) is 23.2 Å². The highest BCUT2D eigenvalue weighted by Gasteiger charge is 2.29. The first-order chi connectivity index (χ1) is 19.1. The van der Waals surface area contributed by atoms with Gasteiger partial charge in [-0.1, -0.05) is 41.4 Å². The van der Waals surface area contributed by atoms with Crippen LogP contribution in [-0.2, 0) is 28.3 Å². The molecule has 1 amide bonds. The van der Waals surface area contributed by atoms with Gasteiger partial charge in [-0.05, 0) is 44.0 Å². The van der Waals surface area contributed by atoms with Crippen LogP contribution in [0.3, 0.4) is 0 Å². The number of aliphatic imine (C=N–C) groups is 1. The molecule has 0 bridgehead atoms. The fraction of sp³-hybridized carbons (Fsp3) is 0.360. The minimum Gasteiger partial charge on any atom is -0.480 e. The molecule has 40 heavy (non-hydrogen) atoms. The summed E-state index contributed by atoms with van der Waals surface area (Å²) in [5, 5.41) is 23.8. The van der Waals surface area contributed by atoms with Gasteiger partial charge < -0.3 is 10.4 Å². The van der Waals surface area contributed by atoms with Gasteiger partial charge in [-0.3, -0.25) is 29.9 Å². The second kappa shape index (κ2) is 13.1. The topological polar surface area (TPSA) is 167 Å². The molecule has 2 aromatic carbocycles. The molecule has 0 saturated carbocycles. The zero-order valence-electron chi connectivity index (χ0n) is 21.5. The maximum atomic E-state index is 13.1. The van der Waals surface area contributed by atoms with Gasteiger partial charge in [0.25, 0.3) is 5.91 Å². The number of benzene rings is 2. The van der Waals surface area contributed by atoms with Crippen molar-refractivity contribution in [3.05, 3.63) is 57.7 Å². The number of nitrogens with zero attached hydrogens (tertiary/aromatic N) is 3. The number of hydrogen-bond donors (Lipinski definition) is 5. The highest BCUT2D eigenvalue weighted by Crippen LogP contribution is 2.29. The quantitative estimate of drug-likeness (QED) is 0.194. The van der Waals surface area contributed by atoms with Gasteiger partial charge in [-0.2, -0.15) is 9.82 Å². The fourth-order valence-corrected chi connectivity index (χ4v) is 6.70. The molecule has 0 aliphatic carbocycles. The summed E-state index contributed by atoms with van der Waals surface area (Å²) in [6.45, 7) is 1.07. The summed E-state index contributed by atoms with van der Waals surface area (Å²) >= 11 is 12.0. The summed E-state index contributed by atoms with van der Waals surface area (Å²) in [6, 6.07) is 7.61. The lowest BCUT2D eigenvalue weighted by molar-refractivity contribution is -0.138. The van der Waals surface area contributed by atoms with E-state index in [1.807, 2.05) is 12.3 Å². The number of halogens is 2. The number of sulfonamides is 1. The van der Waals surface area contributed by atoms with Gasteiger partial charge in [0.05, 0.1) is 26.8 Å². The van der Waals surface area contributed by atoms with E-state index >= 15 is 0 Å². The lowest BCUT2D eigenvalue weighted by Gasteiger charge is -2.18. The van der Waals surface area contributed by atoms with Crippen LogP contribution in [0.25, 0.3) is 10.9 Å². The summed E-state index contributed by atoms with van der Waals surface area (Å²) in [5.41, 5.74) is 1.68. The number of carbonyl (C=O) groups excluding carboxylic acids is 1. The van der Waals surface area contributed by atoms with Crippen LogP contribution in [0, 0.1) is 0 Å². The molecule has 3 aromatic rings. The number of fused-ring (bicyclic) bond motifs is 1. The molecule has 0 spiro atoms. The fourth-order valence-electron chi connectivity index (χ4n) is 4.37. The van der Waals surface area contributed by atoms with Gasteiger partial charge in [-0.25, -0.2) is 8.42 Å². The van der Waals surface area contributed by atoms with Crippen molar-refractivity contribution in [1.82, 2.24) is 30.5 Å². The number of hydrogen-bond acceptors (Lipinski definition) is 8. The number of carboxylic acid groups (broad SMARTS) is 1. The molecule has 0 fully saturated rings. The van der Waals surface area contributed by atoms with Crippen LogP contribution >= 0.6 is 23.2 Å². The van der Waals surface area contributed by atoms with Crippen molar-refractivity contribution in [3.8, 4) is 0 Å². The van der Waals surface area contributed by atoms with E-state index in [0.29, 0.717) is 11.9 Å². The molecule has 214 valence electrons. The molecule has 5 N–H and O–H groups in total. The van der Waals surface area contributed by atoms with Gasteiger partial charge in [0.15, 0.2) is 6.29 Å². The lowest BCUT2D eigenvalue weighted by atomic mass is 10.1. The number of carbonyl (C=O) groups is 2. The summed E-state index contributed by atoms with van der Waals surface area (Å²) in [7, 11) is -2.69. The molecule has 2 atom stereocenters. The Morgan fingerprint density at radius 1 is 1.20 bits per heavy atom. The molecule has 1 aromatic heterocycles. The van der Waals surface area contributed by atoms with Crippen LogP contribution in [0.15, 0.2) is 46.3 Å². The van der Waals surface area contributed by atoms with Crippen LogP contribution in [-0.4, -0.2) is 73.4 Å². The number of amides is 1. The maximum Gasteiger partial charge on any atom is 0.323 e. The Kier molecular flexibility index (Phi) is 9.77. The molecular weight excluding hydrogens is 581 g/mol. The third kappa shape index (κ3) is 6.97. The van der Waals surface area contributed by atoms with Gasteiger partial charge in [0, 0.05) is 31.7 Å². The highest BCUT2D eigenvalue weighted by atomic mass is 35.5. The van der Waals surface area contributed by atoms with Crippen molar-refractivity contribution >= 4 is 62.2 Å². The standard InChI is InChI=1S/C25H29Cl2N7O5S/c1-34-21-15(19(32-34)10-4-11-28-25-29-12-5-13-30-25)6-2-7-16(21)23(35)31-14-20(24(36)37)33-40(38,39)22-17(26)8-3-9-18(22)27/h2-3,6-9,12,20,25,28,30,33H,4-5,10-11,13-14H2,1H3,(H,31,35)(H,36,37). The Morgan fingerprint density at radius 3 is 2.60 bits per heavy atom. The zero-order valence-corrected chi connectivity index (χ0v) is 23.9. The van der Waals surface area contributed by atoms with Crippen molar-refractivity contribution in [2.45, 2.75) is 36.5 Å². The van der Waals surface area contributed by atoms with Gasteiger partial charge in [-0.15, -0.1) is 0 Å². The number of rotatable bonds is 12. The number of aromatic nitrogens is 2. The first-order valence-electron chi connectivity index (χ1n) is 12.5. The third-order valence-corrected chi connectivity index (χ3v) is 8.66. The average molecular weight is 611 g/mol. The summed E-state index contributed by atoms with van der Waals surface area (Å²) in [4.78, 5) is 28.9.